The summed E-state index contributed by atoms with van der Waals surface area (Å²) in [6, 6.07) is 2.03. The third-order valence-electron chi connectivity index (χ3n) is 0.845. The lowest BCUT2D eigenvalue weighted by Gasteiger charge is -1.85. The summed E-state index contributed by atoms with van der Waals surface area (Å²) in [5.74, 6) is 0. The van der Waals surface area contributed by atoms with Crippen molar-refractivity contribution in [3.8, 4) is 0 Å². The Hall–Kier alpha value is 0.820. The predicted molar refractivity (Wildman–Crippen MR) is 48.8 cm³/mol. The van der Waals surface area contributed by atoms with E-state index in [1.807, 2.05) is 12.3 Å². The van der Waals surface area contributed by atoms with Crippen LogP contribution in [-0.4, -0.2) is 6.26 Å². The van der Waals surface area contributed by atoms with E-state index >= 15 is 0 Å². The molecular weight excluding hydrogens is 240 g/mol. The van der Waals surface area contributed by atoms with Gasteiger partial charge in [-0.25, -0.2) is 0 Å². The van der Waals surface area contributed by atoms with Crippen molar-refractivity contribution in [2.45, 2.75) is 4.90 Å². The molecule has 0 aromatic carbocycles. The zero-order chi connectivity index (χ0) is 6.85. The molecule has 0 aliphatic rings. The van der Waals surface area contributed by atoms with E-state index in [9.17, 15) is 0 Å². The Morgan fingerprint density at radius 3 is 2.67 bits per heavy atom. The van der Waals surface area contributed by atoms with E-state index < -0.39 is 0 Å². The van der Waals surface area contributed by atoms with Crippen LogP contribution in [0.3, 0.4) is 0 Å². The minimum atomic E-state index is 0.870. The van der Waals surface area contributed by atoms with Crippen LogP contribution < -0.4 is 0 Å². The molecule has 0 unspecified atom stereocenters. The number of hydrogen-bond donors (Lipinski definition) is 0. The summed E-state index contributed by atoms with van der Waals surface area (Å²) < 4.78 is 1.96. The molecule has 50 valence electrons. The Bertz CT molecular complexity index is 209. The van der Waals surface area contributed by atoms with Crippen LogP contribution in [0.1, 0.15) is 0 Å². The van der Waals surface area contributed by atoms with Gasteiger partial charge in [0.25, 0.3) is 0 Å². The van der Waals surface area contributed by atoms with E-state index in [1.54, 1.807) is 23.1 Å². The lowest BCUT2D eigenvalue weighted by molar-refractivity contribution is 1.59. The van der Waals surface area contributed by atoms with Crippen LogP contribution in [0.4, 0.5) is 0 Å². The fourth-order valence-electron chi connectivity index (χ4n) is 0.464. The summed E-state index contributed by atoms with van der Waals surface area (Å²) in [4.78, 5) is 1.15. The predicted octanol–water partition coefficient (Wildman–Crippen LogP) is 3.89. The molecule has 1 aromatic rings. The van der Waals surface area contributed by atoms with E-state index in [-0.39, 0.29) is 0 Å². The van der Waals surface area contributed by atoms with E-state index in [2.05, 4.69) is 15.9 Å². The zero-order valence-electron chi connectivity index (χ0n) is 4.65. The standard InChI is InChI=1S/C5H4BrClS2/c1-8-3-2-4(6)9-5(3)7/h2H,1H3. The lowest BCUT2D eigenvalue weighted by Crippen LogP contribution is -1.56. The first-order chi connectivity index (χ1) is 4.24. The second-order valence-electron chi connectivity index (χ2n) is 1.39. The van der Waals surface area contributed by atoms with Crippen molar-refractivity contribution in [1.82, 2.24) is 0 Å². The minimum Gasteiger partial charge on any atom is -0.127 e. The number of halogens is 2. The Labute approximate surface area is 75.7 Å². The number of hydrogen-bond acceptors (Lipinski definition) is 2. The second kappa shape index (κ2) is 3.28. The first-order valence-electron chi connectivity index (χ1n) is 2.23. The molecule has 0 N–H and O–H groups in total. The van der Waals surface area contributed by atoms with Crippen LogP contribution in [0, 0.1) is 0 Å². The van der Waals surface area contributed by atoms with Crippen molar-refractivity contribution in [3.05, 3.63) is 14.2 Å². The second-order valence-corrected chi connectivity index (χ2v) is 5.27. The highest BCUT2D eigenvalue weighted by atomic mass is 79.9. The smallest absolute Gasteiger partial charge is 0.108 e. The summed E-state index contributed by atoms with van der Waals surface area (Å²) in [5, 5.41) is 0. The highest BCUT2D eigenvalue weighted by Gasteiger charge is 2.01. The van der Waals surface area contributed by atoms with Crippen LogP contribution in [0.2, 0.25) is 4.34 Å². The molecular formula is C5H4BrClS2. The van der Waals surface area contributed by atoms with Crippen LogP contribution in [-0.2, 0) is 0 Å². The fourth-order valence-corrected chi connectivity index (χ4v) is 3.50. The molecule has 0 nitrogen and oxygen atoms in total. The van der Waals surface area contributed by atoms with Gasteiger partial charge in [0, 0.05) is 4.90 Å². The summed E-state index contributed by atoms with van der Waals surface area (Å²) >= 11 is 12.4. The van der Waals surface area contributed by atoms with Crippen molar-refractivity contribution < 1.29 is 0 Å². The molecule has 0 aliphatic heterocycles. The number of rotatable bonds is 1. The van der Waals surface area contributed by atoms with E-state index in [4.69, 9.17) is 11.6 Å². The average Bonchev–Trinajstić information content (AvgIpc) is 2.10. The first-order valence-corrected chi connectivity index (χ1v) is 5.44. The molecule has 0 saturated heterocycles. The molecule has 0 saturated carbocycles. The Balaban J connectivity index is 3.01. The maximum absolute atomic E-state index is 5.81. The van der Waals surface area contributed by atoms with Gasteiger partial charge in [-0.2, -0.15) is 0 Å². The molecule has 1 aromatic heterocycles. The van der Waals surface area contributed by atoms with Crippen LogP contribution in [0.5, 0.6) is 0 Å². The summed E-state index contributed by atoms with van der Waals surface area (Å²) in [6.45, 7) is 0. The average molecular weight is 244 g/mol. The number of thioether (sulfide) groups is 1. The monoisotopic (exact) mass is 242 g/mol. The van der Waals surface area contributed by atoms with E-state index in [0.29, 0.717) is 0 Å². The number of thiophene rings is 1. The largest absolute Gasteiger partial charge is 0.127 e. The van der Waals surface area contributed by atoms with Crippen LogP contribution in [0.15, 0.2) is 14.7 Å². The van der Waals surface area contributed by atoms with Crippen molar-refractivity contribution >= 4 is 50.6 Å². The van der Waals surface area contributed by atoms with Gasteiger partial charge >= 0.3 is 0 Å². The molecule has 1 heterocycles. The van der Waals surface area contributed by atoms with Gasteiger partial charge in [0.2, 0.25) is 0 Å². The molecule has 9 heavy (non-hydrogen) atoms. The Kier molecular flexibility index (Phi) is 2.89. The maximum atomic E-state index is 5.81. The third-order valence-corrected chi connectivity index (χ3v) is 3.71. The van der Waals surface area contributed by atoms with Crippen LogP contribution in [0.25, 0.3) is 0 Å². The van der Waals surface area contributed by atoms with Gasteiger partial charge in [0.15, 0.2) is 0 Å². The minimum absolute atomic E-state index is 0.870. The molecule has 0 bridgehead atoms. The molecule has 0 aliphatic carbocycles. The van der Waals surface area contributed by atoms with Crippen molar-refractivity contribution in [1.29, 1.82) is 0 Å². The zero-order valence-corrected chi connectivity index (χ0v) is 8.62. The quantitative estimate of drug-likeness (QED) is 0.675. The normalized spacial score (nSPS) is 10.1. The van der Waals surface area contributed by atoms with Gasteiger partial charge in [-0.15, -0.1) is 23.1 Å². The van der Waals surface area contributed by atoms with Gasteiger partial charge in [-0.05, 0) is 28.3 Å². The van der Waals surface area contributed by atoms with Crippen molar-refractivity contribution in [2.75, 3.05) is 6.26 Å². The molecule has 4 heteroatoms. The van der Waals surface area contributed by atoms with Crippen molar-refractivity contribution in [2.24, 2.45) is 0 Å². The van der Waals surface area contributed by atoms with Gasteiger partial charge in [0.1, 0.15) is 4.34 Å². The topological polar surface area (TPSA) is 0 Å². The Morgan fingerprint density at radius 2 is 2.44 bits per heavy atom. The fraction of sp³-hybridized carbons (Fsp3) is 0.200. The third kappa shape index (κ3) is 1.87. The van der Waals surface area contributed by atoms with Crippen LogP contribution >= 0.6 is 50.6 Å². The molecule has 1 rings (SSSR count). The first kappa shape index (κ1) is 7.92. The van der Waals surface area contributed by atoms with Gasteiger partial charge < -0.3 is 0 Å². The van der Waals surface area contributed by atoms with Gasteiger partial charge in [-0.1, -0.05) is 11.6 Å². The van der Waals surface area contributed by atoms with E-state index in [1.165, 1.54) is 0 Å². The molecule has 0 spiro atoms. The summed E-state index contributed by atoms with van der Waals surface area (Å²) in [6.07, 6.45) is 2.01. The van der Waals surface area contributed by atoms with E-state index in [0.717, 1.165) is 13.0 Å². The van der Waals surface area contributed by atoms with Gasteiger partial charge in [-0.3, -0.25) is 0 Å². The van der Waals surface area contributed by atoms with Crippen molar-refractivity contribution in [3.63, 3.8) is 0 Å². The Morgan fingerprint density at radius 1 is 1.78 bits per heavy atom. The van der Waals surface area contributed by atoms with Gasteiger partial charge in [0.05, 0.1) is 3.79 Å². The molecule has 0 atom stereocenters. The highest BCUT2D eigenvalue weighted by Crippen LogP contribution is 2.36. The SMILES string of the molecule is CSc1cc(Br)sc1Cl. The molecule has 0 amide bonds. The summed E-state index contributed by atoms with van der Waals surface area (Å²) in [5.41, 5.74) is 0. The summed E-state index contributed by atoms with van der Waals surface area (Å²) in [7, 11) is 0. The molecule has 0 fully saturated rings. The lowest BCUT2D eigenvalue weighted by atomic mass is 10.7. The molecule has 0 radical (unpaired) electrons. The highest BCUT2D eigenvalue weighted by molar-refractivity contribution is 9.11. The maximum Gasteiger partial charge on any atom is 0.108 e.